The van der Waals surface area contributed by atoms with Gasteiger partial charge in [-0.15, -0.1) is 0 Å². The van der Waals surface area contributed by atoms with Crippen LogP contribution in [0.1, 0.15) is 25.0 Å². The standard InChI is InChI=1S/C13H21NO2/c1-10(2)14(7-8-15)9-12-6-4-5-11(3)13(12)16/h4-6,10,15-16H,7-9H2,1-3H3. The predicted octanol–water partition coefficient (Wildman–Crippen LogP) is 1.90. The van der Waals surface area contributed by atoms with Crippen LogP contribution in [0.2, 0.25) is 0 Å². The number of aliphatic hydroxyl groups is 1. The lowest BCUT2D eigenvalue weighted by Gasteiger charge is -2.26. The summed E-state index contributed by atoms with van der Waals surface area (Å²) in [5.41, 5.74) is 1.81. The van der Waals surface area contributed by atoms with E-state index in [1.54, 1.807) is 0 Å². The van der Waals surface area contributed by atoms with E-state index in [4.69, 9.17) is 5.11 Å². The first-order valence-electron chi connectivity index (χ1n) is 5.68. The number of aromatic hydroxyl groups is 1. The highest BCUT2D eigenvalue weighted by Crippen LogP contribution is 2.23. The minimum Gasteiger partial charge on any atom is -0.507 e. The number of aliphatic hydroxyl groups excluding tert-OH is 1. The van der Waals surface area contributed by atoms with E-state index in [0.29, 0.717) is 24.9 Å². The number of aryl methyl sites for hydroxylation is 1. The van der Waals surface area contributed by atoms with Crippen LogP contribution < -0.4 is 0 Å². The number of hydrogen-bond acceptors (Lipinski definition) is 3. The Balaban J connectivity index is 2.81. The van der Waals surface area contributed by atoms with Gasteiger partial charge in [-0.3, -0.25) is 4.90 Å². The molecule has 2 N–H and O–H groups in total. The van der Waals surface area contributed by atoms with Crippen molar-refractivity contribution in [3.8, 4) is 5.75 Å². The van der Waals surface area contributed by atoms with Gasteiger partial charge in [0.05, 0.1) is 6.61 Å². The molecule has 1 aromatic rings. The van der Waals surface area contributed by atoms with Crippen LogP contribution >= 0.6 is 0 Å². The molecule has 0 aromatic heterocycles. The van der Waals surface area contributed by atoms with E-state index in [0.717, 1.165) is 11.1 Å². The number of phenolic OH excluding ortho intramolecular Hbond substituents is 1. The first-order valence-corrected chi connectivity index (χ1v) is 5.68. The van der Waals surface area contributed by atoms with Crippen LogP contribution in [-0.4, -0.2) is 34.3 Å². The Morgan fingerprint density at radius 1 is 1.31 bits per heavy atom. The number of phenols is 1. The Morgan fingerprint density at radius 3 is 2.56 bits per heavy atom. The maximum absolute atomic E-state index is 9.91. The van der Waals surface area contributed by atoms with Crippen molar-refractivity contribution in [2.75, 3.05) is 13.2 Å². The second-order valence-electron chi connectivity index (χ2n) is 4.37. The second kappa shape index (κ2) is 5.87. The van der Waals surface area contributed by atoms with Crippen molar-refractivity contribution in [2.24, 2.45) is 0 Å². The molecule has 0 spiro atoms. The summed E-state index contributed by atoms with van der Waals surface area (Å²) in [6.07, 6.45) is 0. The Morgan fingerprint density at radius 2 is 2.00 bits per heavy atom. The molecule has 16 heavy (non-hydrogen) atoms. The lowest BCUT2D eigenvalue weighted by Crippen LogP contribution is -2.32. The van der Waals surface area contributed by atoms with Crippen molar-refractivity contribution in [1.29, 1.82) is 0 Å². The fourth-order valence-electron chi connectivity index (χ4n) is 1.71. The summed E-state index contributed by atoms with van der Waals surface area (Å²) in [6.45, 7) is 7.51. The van der Waals surface area contributed by atoms with Crippen LogP contribution in [-0.2, 0) is 6.54 Å². The highest BCUT2D eigenvalue weighted by molar-refractivity contribution is 5.39. The normalized spacial score (nSPS) is 11.4. The SMILES string of the molecule is Cc1cccc(CN(CCO)C(C)C)c1O. The number of benzene rings is 1. The molecule has 1 rings (SSSR count). The molecular weight excluding hydrogens is 202 g/mol. The molecule has 0 heterocycles. The molecule has 0 bridgehead atoms. The van der Waals surface area contributed by atoms with E-state index in [2.05, 4.69) is 18.7 Å². The monoisotopic (exact) mass is 223 g/mol. The summed E-state index contributed by atoms with van der Waals surface area (Å²) in [7, 11) is 0. The fraction of sp³-hybridized carbons (Fsp3) is 0.538. The molecule has 0 aliphatic rings. The van der Waals surface area contributed by atoms with Gasteiger partial charge in [0.1, 0.15) is 5.75 Å². The van der Waals surface area contributed by atoms with Crippen LogP contribution in [0.15, 0.2) is 18.2 Å². The molecule has 0 aliphatic heterocycles. The molecule has 0 atom stereocenters. The zero-order chi connectivity index (χ0) is 12.1. The van der Waals surface area contributed by atoms with Crippen LogP contribution in [0.4, 0.5) is 0 Å². The van der Waals surface area contributed by atoms with Crippen molar-refractivity contribution in [2.45, 2.75) is 33.4 Å². The number of hydrogen-bond donors (Lipinski definition) is 2. The summed E-state index contributed by atoms with van der Waals surface area (Å²) < 4.78 is 0. The number of nitrogens with zero attached hydrogens (tertiary/aromatic N) is 1. The molecule has 0 saturated carbocycles. The third-order valence-corrected chi connectivity index (χ3v) is 2.81. The maximum atomic E-state index is 9.91. The van der Waals surface area contributed by atoms with E-state index < -0.39 is 0 Å². The zero-order valence-corrected chi connectivity index (χ0v) is 10.3. The van der Waals surface area contributed by atoms with Crippen molar-refractivity contribution >= 4 is 0 Å². The van der Waals surface area contributed by atoms with Gasteiger partial charge in [-0.25, -0.2) is 0 Å². The summed E-state index contributed by atoms with van der Waals surface area (Å²) >= 11 is 0. The predicted molar refractivity (Wildman–Crippen MR) is 65.5 cm³/mol. The summed E-state index contributed by atoms with van der Waals surface area (Å²) in [5.74, 6) is 0.367. The van der Waals surface area contributed by atoms with E-state index in [-0.39, 0.29) is 6.61 Å². The van der Waals surface area contributed by atoms with Gasteiger partial charge in [-0.05, 0) is 26.3 Å². The van der Waals surface area contributed by atoms with Gasteiger partial charge in [-0.1, -0.05) is 18.2 Å². The lowest BCUT2D eigenvalue weighted by atomic mass is 10.1. The smallest absolute Gasteiger partial charge is 0.122 e. The molecule has 0 aliphatic carbocycles. The zero-order valence-electron chi connectivity index (χ0n) is 10.3. The fourth-order valence-corrected chi connectivity index (χ4v) is 1.71. The quantitative estimate of drug-likeness (QED) is 0.801. The first kappa shape index (κ1) is 13.0. The van der Waals surface area contributed by atoms with Crippen molar-refractivity contribution < 1.29 is 10.2 Å². The third-order valence-electron chi connectivity index (χ3n) is 2.81. The summed E-state index contributed by atoms with van der Waals surface area (Å²) in [5, 5.41) is 18.9. The van der Waals surface area contributed by atoms with Gasteiger partial charge in [0, 0.05) is 24.7 Å². The largest absolute Gasteiger partial charge is 0.507 e. The average Bonchev–Trinajstić information content (AvgIpc) is 2.23. The van der Waals surface area contributed by atoms with Crippen molar-refractivity contribution in [1.82, 2.24) is 4.90 Å². The number of rotatable bonds is 5. The van der Waals surface area contributed by atoms with Gasteiger partial charge in [0.2, 0.25) is 0 Å². The van der Waals surface area contributed by atoms with E-state index in [1.165, 1.54) is 0 Å². The Kier molecular flexibility index (Phi) is 4.77. The molecular formula is C13H21NO2. The molecule has 90 valence electrons. The average molecular weight is 223 g/mol. The lowest BCUT2D eigenvalue weighted by molar-refractivity contribution is 0.158. The molecule has 1 aromatic carbocycles. The molecule has 0 saturated heterocycles. The first-order chi connectivity index (χ1) is 7.56. The van der Waals surface area contributed by atoms with Crippen LogP contribution in [0.5, 0.6) is 5.75 Å². The van der Waals surface area contributed by atoms with Gasteiger partial charge in [0.15, 0.2) is 0 Å². The van der Waals surface area contributed by atoms with Gasteiger partial charge in [-0.2, -0.15) is 0 Å². The third kappa shape index (κ3) is 3.22. The Labute approximate surface area is 97.3 Å². The Bertz CT molecular complexity index is 337. The van der Waals surface area contributed by atoms with Crippen molar-refractivity contribution in [3.05, 3.63) is 29.3 Å². The molecule has 0 unspecified atom stereocenters. The summed E-state index contributed by atoms with van der Waals surface area (Å²) in [6, 6.07) is 6.12. The number of para-hydroxylation sites is 1. The van der Waals surface area contributed by atoms with Gasteiger partial charge < -0.3 is 10.2 Å². The molecule has 3 heteroatoms. The highest BCUT2D eigenvalue weighted by Gasteiger charge is 2.12. The van der Waals surface area contributed by atoms with E-state index in [9.17, 15) is 5.11 Å². The highest BCUT2D eigenvalue weighted by atomic mass is 16.3. The maximum Gasteiger partial charge on any atom is 0.122 e. The van der Waals surface area contributed by atoms with Crippen LogP contribution in [0.3, 0.4) is 0 Å². The molecule has 3 nitrogen and oxygen atoms in total. The molecule has 0 radical (unpaired) electrons. The molecule has 0 fully saturated rings. The van der Waals surface area contributed by atoms with Crippen LogP contribution in [0.25, 0.3) is 0 Å². The Hall–Kier alpha value is -1.06. The van der Waals surface area contributed by atoms with Crippen molar-refractivity contribution in [3.63, 3.8) is 0 Å². The molecule has 0 amide bonds. The van der Waals surface area contributed by atoms with E-state index >= 15 is 0 Å². The van der Waals surface area contributed by atoms with Gasteiger partial charge >= 0.3 is 0 Å². The van der Waals surface area contributed by atoms with Crippen LogP contribution in [0, 0.1) is 6.92 Å². The van der Waals surface area contributed by atoms with Gasteiger partial charge in [0.25, 0.3) is 0 Å². The summed E-state index contributed by atoms with van der Waals surface area (Å²) in [4.78, 5) is 2.13. The topological polar surface area (TPSA) is 43.7 Å². The van der Waals surface area contributed by atoms with E-state index in [1.807, 2.05) is 25.1 Å². The minimum absolute atomic E-state index is 0.144. The minimum atomic E-state index is 0.144. The second-order valence-corrected chi connectivity index (χ2v) is 4.37.